The van der Waals surface area contributed by atoms with Crippen LogP contribution in [0.15, 0.2) is 24.3 Å². The first-order valence-electron chi connectivity index (χ1n) is 5.43. The molecule has 0 aliphatic heterocycles. The molecule has 0 aliphatic carbocycles. The van der Waals surface area contributed by atoms with Gasteiger partial charge in [0.2, 0.25) is 14.0 Å². The Balaban J connectivity index is 3.02. The summed E-state index contributed by atoms with van der Waals surface area (Å²) in [6, 6.07) is 7.46. The van der Waals surface area contributed by atoms with E-state index in [4.69, 9.17) is 11.0 Å². The van der Waals surface area contributed by atoms with Gasteiger partial charge in [0.15, 0.2) is 0 Å². The van der Waals surface area contributed by atoms with Gasteiger partial charge in [-0.05, 0) is 24.2 Å². The minimum atomic E-state index is -1.84. The molecule has 0 aliphatic rings. The first kappa shape index (κ1) is 12.8. The fourth-order valence-electron chi connectivity index (χ4n) is 1.06. The van der Waals surface area contributed by atoms with E-state index in [-0.39, 0.29) is 5.04 Å². The average Bonchev–Trinajstić information content (AvgIpc) is 2.16. The van der Waals surface area contributed by atoms with E-state index in [1.165, 1.54) is 0 Å². The Bertz CT molecular complexity index is 413. The van der Waals surface area contributed by atoms with Crippen molar-refractivity contribution >= 4 is 14.0 Å². The van der Waals surface area contributed by atoms with Crippen LogP contribution in [0, 0.1) is 6.57 Å². The van der Waals surface area contributed by atoms with Crippen LogP contribution in [0.2, 0.25) is 18.1 Å². The minimum Gasteiger partial charge on any atom is -0.551 e. The molecule has 3 heteroatoms. The summed E-state index contributed by atoms with van der Waals surface area (Å²) >= 11 is 0. The quantitative estimate of drug-likeness (QED) is 0.537. The Morgan fingerprint density at radius 1 is 1.19 bits per heavy atom. The van der Waals surface area contributed by atoms with Crippen LogP contribution in [-0.4, -0.2) is 8.32 Å². The van der Waals surface area contributed by atoms with Gasteiger partial charge in [0.1, 0.15) is 5.75 Å². The molecule has 0 saturated heterocycles. The van der Waals surface area contributed by atoms with E-state index in [1.807, 2.05) is 18.2 Å². The molecular weight excluding hydrogens is 214 g/mol. The summed E-state index contributed by atoms with van der Waals surface area (Å²) in [5, 5.41) is 0.155. The SMILES string of the molecule is [C-]#[N+]c1ccccc1O[Si](C)(C)C(C)(C)C. The molecule has 0 saturated carbocycles. The predicted molar refractivity (Wildman–Crippen MR) is 70.5 cm³/mol. The van der Waals surface area contributed by atoms with Gasteiger partial charge in [0.25, 0.3) is 0 Å². The van der Waals surface area contributed by atoms with Crippen molar-refractivity contribution in [1.29, 1.82) is 0 Å². The highest BCUT2D eigenvalue weighted by Crippen LogP contribution is 2.39. The number of hydrogen-bond acceptors (Lipinski definition) is 1. The van der Waals surface area contributed by atoms with Crippen molar-refractivity contribution in [1.82, 2.24) is 0 Å². The van der Waals surface area contributed by atoms with Crippen LogP contribution >= 0.6 is 0 Å². The summed E-state index contributed by atoms with van der Waals surface area (Å²) in [6.45, 7) is 18.1. The fraction of sp³-hybridized carbons (Fsp3) is 0.462. The second kappa shape index (κ2) is 4.30. The van der Waals surface area contributed by atoms with Crippen molar-refractivity contribution in [3.63, 3.8) is 0 Å². The molecule has 86 valence electrons. The van der Waals surface area contributed by atoms with Gasteiger partial charge in [0, 0.05) is 0 Å². The lowest BCUT2D eigenvalue weighted by molar-refractivity contribution is 0.494. The van der Waals surface area contributed by atoms with Gasteiger partial charge in [-0.25, -0.2) is 4.85 Å². The van der Waals surface area contributed by atoms with Crippen molar-refractivity contribution in [2.24, 2.45) is 0 Å². The maximum absolute atomic E-state index is 7.11. The molecule has 0 atom stereocenters. The minimum absolute atomic E-state index is 0.155. The first-order valence-corrected chi connectivity index (χ1v) is 8.34. The molecule has 0 heterocycles. The van der Waals surface area contributed by atoms with Gasteiger partial charge in [-0.3, -0.25) is 0 Å². The van der Waals surface area contributed by atoms with Crippen molar-refractivity contribution in [3.8, 4) is 5.75 Å². The van der Waals surface area contributed by atoms with Crippen LogP contribution in [-0.2, 0) is 0 Å². The topological polar surface area (TPSA) is 13.6 Å². The summed E-state index contributed by atoms with van der Waals surface area (Å²) in [6.07, 6.45) is 0. The Hall–Kier alpha value is -1.27. The number of benzene rings is 1. The summed E-state index contributed by atoms with van der Waals surface area (Å²) in [5.74, 6) is 0.726. The van der Waals surface area contributed by atoms with Crippen LogP contribution < -0.4 is 4.43 Å². The van der Waals surface area contributed by atoms with Crippen LogP contribution in [0.1, 0.15) is 20.8 Å². The normalized spacial score (nSPS) is 12.0. The van der Waals surface area contributed by atoms with E-state index in [2.05, 4.69) is 38.7 Å². The molecule has 1 aromatic rings. The molecule has 16 heavy (non-hydrogen) atoms. The van der Waals surface area contributed by atoms with Gasteiger partial charge in [-0.15, -0.1) is 0 Å². The molecular formula is C13H19NOSi. The highest BCUT2D eigenvalue weighted by Gasteiger charge is 2.39. The van der Waals surface area contributed by atoms with Crippen LogP contribution in [0.25, 0.3) is 4.85 Å². The summed E-state index contributed by atoms with van der Waals surface area (Å²) in [5.41, 5.74) is 0.604. The lowest BCUT2D eigenvalue weighted by Gasteiger charge is -2.36. The lowest BCUT2D eigenvalue weighted by Crippen LogP contribution is -2.43. The fourth-order valence-corrected chi connectivity index (χ4v) is 2.09. The standard InChI is InChI=1S/C13H19NOSi/c1-13(2,3)16(5,6)15-12-10-8-7-9-11(12)14-4/h7-10H,1-3,5-6H3. The maximum atomic E-state index is 7.11. The van der Waals surface area contributed by atoms with E-state index in [0.717, 1.165) is 5.75 Å². The summed E-state index contributed by atoms with van der Waals surface area (Å²) in [7, 11) is -1.84. The second-order valence-electron chi connectivity index (χ2n) is 5.44. The van der Waals surface area contributed by atoms with E-state index < -0.39 is 8.32 Å². The number of hydrogen-bond donors (Lipinski definition) is 0. The van der Waals surface area contributed by atoms with E-state index in [1.54, 1.807) is 6.07 Å². The Labute approximate surface area is 99.2 Å². The Morgan fingerprint density at radius 2 is 1.75 bits per heavy atom. The molecule has 0 amide bonds. The van der Waals surface area contributed by atoms with E-state index in [0.29, 0.717) is 5.69 Å². The second-order valence-corrected chi connectivity index (χ2v) is 10.2. The van der Waals surface area contributed by atoms with E-state index in [9.17, 15) is 0 Å². The molecule has 0 unspecified atom stereocenters. The molecule has 1 aromatic carbocycles. The molecule has 0 N–H and O–H groups in total. The molecule has 2 nitrogen and oxygen atoms in total. The molecule has 0 bridgehead atoms. The van der Waals surface area contributed by atoms with Crippen molar-refractivity contribution in [2.45, 2.75) is 38.9 Å². The first-order chi connectivity index (χ1) is 7.28. The molecule has 0 aromatic heterocycles. The van der Waals surface area contributed by atoms with Crippen LogP contribution in [0.3, 0.4) is 0 Å². The molecule has 0 radical (unpaired) electrons. The van der Waals surface area contributed by atoms with E-state index >= 15 is 0 Å². The van der Waals surface area contributed by atoms with Crippen molar-refractivity contribution < 1.29 is 4.43 Å². The monoisotopic (exact) mass is 233 g/mol. The molecule has 0 fully saturated rings. The molecule has 1 rings (SSSR count). The van der Waals surface area contributed by atoms with Crippen LogP contribution in [0.4, 0.5) is 5.69 Å². The highest BCUT2D eigenvalue weighted by atomic mass is 28.4. The predicted octanol–water partition coefficient (Wildman–Crippen LogP) is 4.62. The van der Waals surface area contributed by atoms with Gasteiger partial charge in [-0.1, -0.05) is 39.0 Å². The smallest absolute Gasteiger partial charge is 0.248 e. The average molecular weight is 233 g/mol. The van der Waals surface area contributed by atoms with Crippen molar-refractivity contribution in [2.75, 3.05) is 0 Å². The molecule has 0 spiro atoms. The van der Waals surface area contributed by atoms with Crippen molar-refractivity contribution in [3.05, 3.63) is 35.7 Å². The number of rotatable bonds is 2. The summed E-state index contributed by atoms with van der Waals surface area (Å²) in [4.78, 5) is 3.48. The largest absolute Gasteiger partial charge is 0.551 e. The van der Waals surface area contributed by atoms with Crippen LogP contribution in [0.5, 0.6) is 5.75 Å². The van der Waals surface area contributed by atoms with Gasteiger partial charge in [0.05, 0.1) is 6.57 Å². The van der Waals surface area contributed by atoms with Gasteiger partial charge in [-0.2, -0.15) is 0 Å². The summed E-state index contributed by atoms with van der Waals surface area (Å²) < 4.78 is 6.11. The van der Waals surface area contributed by atoms with Gasteiger partial charge >= 0.3 is 0 Å². The number of nitrogens with zero attached hydrogens (tertiary/aromatic N) is 1. The lowest BCUT2D eigenvalue weighted by atomic mass is 10.2. The third-order valence-electron chi connectivity index (χ3n) is 3.16. The third kappa shape index (κ3) is 2.64. The maximum Gasteiger partial charge on any atom is 0.248 e. The zero-order chi connectivity index (χ0) is 12.4. The third-order valence-corrected chi connectivity index (χ3v) is 7.50. The zero-order valence-electron chi connectivity index (χ0n) is 10.7. The Kier molecular flexibility index (Phi) is 3.44. The van der Waals surface area contributed by atoms with Gasteiger partial charge < -0.3 is 4.43 Å². The Morgan fingerprint density at radius 3 is 2.25 bits per heavy atom. The zero-order valence-corrected chi connectivity index (χ0v) is 11.7. The highest BCUT2D eigenvalue weighted by molar-refractivity contribution is 6.74. The number of para-hydroxylation sites is 2.